The highest BCUT2D eigenvalue weighted by atomic mass is 16.2. The molecule has 0 radical (unpaired) electrons. The SMILES string of the molecule is CN(C(=O)CCC(=O)NCCCc1ccncc1)C12CC3CC(CC(C3)C1)C2. The molecule has 4 fully saturated rings. The lowest BCUT2D eigenvalue weighted by atomic mass is 9.52. The predicted molar refractivity (Wildman–Crippen MR) is 108 cm³/mol. The summed E-state index contributed by atoms with van der Waals surface area (Å²) < 4.78 is 0. The van der Waals surface area contributed by atoms with Crippen molar-refractivity contribution in [3.05, 3.63) is 30.1 Å². The molecule has 1 heterocycles. The smallest absolute Gasteiger partial charge is 0.223 e. The molecule has 2 amide bonds. The van der Waals surface area contributed by atoms with Gasteiger partial charge in [0.25, 0.3) is 0 Å². The summed E-state index contributed by atoms with van der Waals surface area (Å²) in [4.78, 5) is 31.0. The number of nitrogens with one attached hydrogen (secondary N) is 1. The van der Waals surface area contributed by atoms with Gasteiger partial charge in [-0.15, -0.1) is 0 Å². The molecule has 4 bridgehead atoms. The molecule has 0 saturated heterocycles. The number of pyridine rings is 1. The van der Waals surface area contributed by atoms with E-state index >= 15 is 0 Å². The molecule has 5 nitrogen and oxygen atoms in total. The van der Waals surface area contributed by atoms with Crippen LogP contribution >= 0.6 is 0 Å². The van der Waals surface area contributed by atoms with E-state index < -0.39 is 0 Å². The number of aryl methyl sites for hydroxylation is 1. The predicted octanol–water partition coefficient (Wildman–Crippen LogP) is 3.34. The Labute approximate surface area is 168 Å². The van der Waals surface area contributed by atoms with Gasteiger partial charge in [0.05, 0.1) is 0 Å². The van der Waals surface area contributed by atoms with Crippen LogP contribution in [0.4, 0.5) is 0 Å². The number of aromatic nitrogens is 1. The third-order valence-electron chi connectivity index (χ3n) is 7.37. The minimum absolute atomic E-state index is 0.0120. The van der Waals surface area contributed by atoms with E-state index in [0.717, 1.165) is 30.6 Å². The molecule has 4 saturated carbocycles. The monoisotopic (exact) mass is 383 g/mol. The number of hydrogen-bond acceptors (Lipinski definition) is 3. The summed E-state index contributed by atoms with van der Waals surface area (Å²) in [7, 11) is 1.99. The molecule has 5 heteroatoms. The van der Waals surface area contributed by atoms with E-state index in [1.54, 1.807) is 12.4 Å². The summed E-state index contributed by atoms with van der Waals surface area (Å²) in [5, 5.41) is 2.96. The molecule has 4 aliphatic rings. The Balaban J connectivity index is 1.18. The van der Waals surface area contributed by atoms with E-state index in [9.17, 15) is 9.59 Å². The van der Waals surface area contributed by atoms with Crippen molar-refractivity contribution < 1.29 is 9.59 Å². The number of amides is 2. The van der Waals surface area contributed by atoms with Crippen LogP contribution in [0.3, 0.4) is 0 Å². The van der Waals surface area contributed by atoms with Crippen LogP contribution in [0.25, 0.3) is 0 Å². The molecule has 1 aromatic heterocycles. The van der Waals surface area contributed by atoms with Crippen molar-refractivity contribution in [2.24, 2.45) is 17.8 Å². The fourth-order valence-corrected chi connectivity index (χ4v) is 6.29. The van der Waals surface area contributed by atoms with Gasteiger partial charge in [-0.05, 0) is 86.8 Å². The second-order valence-electron chi connectivity index (χ2n) is 9.40. The Bertz CT molecular complexity index is 668. The van der Waals surface area contributed by atoms with Gasteiger partial charge in [-0.25, -0.2) is 0 Å². The largest absolute Gasteiger partial charge is 0.356 e. The summed E-state index contributed by atoms with van der Waals surface area (Å²) in [6.45, 7) is 0.653. The van der Waals surface area contributed by atoms with E-state index in [0.29, 0.717) is 19.4 Å². The fourth-order valence-electron chi connectivity index (χ4n) is 6.29. The Morgan fingerprint density at radius 3 is 2.29 bits per heavy atom. The summed E-state index contributed by atoms with van der Waals surface area (Å²) >= 11 is 0. The molecule has 0 atom stereocenters. The summed E-state index contributed by atoms with van der Waals surface area (Å²) in [6, 6.07) is 4.00. The van der Waals surface area contributed by atoms with E-state index in [1.165, 1.54) is 44.1 Å². The topological polar surface area (TPSA) is 62.3 Å². The molecular weight excluding hydrogens is 350 g/mol. The zero-order chi connectivity index (χ0) is 19.6. The van der Waals surface area contributed by atoms with Crippen molar-refractivity contribution in [1.29, 1.82) is 0 Å². The first kappa shape index (κ1) is 19.4. The molecule has 0 spiro atoms. The Hall–Kier alpha value is -1.91. The van der Waals surface area contributed by atoms with Crippen molar-refractivity contribution in [3.63, 3.8) is 0 Å². The van der Waals surface area contributed by atoms with Gasteiger partial charge in [0.1, 0.15) is 0 Å². The first-order valence-electron chi connectivity index (χ1n) is 11.0. The third kappa shape index (κ3) is 4.23. The fraction of sp³-hybridized carbons (Fsp3) is 0.696. The van der Waals surface area contributed by atoms with Gasteiger partial charge in [0, 0.05) is 44.4 Å². The Morgan fingerprint density at radius 2 is 1.68 bits per heavy atom. The second kappa shape index (κ2) is 8.22. The van der Waals surface area contributed by atoms with Crippen LogP contribution in [-0.4, -0.2) is 40.8 Å². The maximum atomic E-state index is 12.8. The minimum atomic E-state index is -0.0120. The second-order valence-corrected chi connectivity index (χ2v) is 9.40. The number of hydrogen-bond donors (Lipinski definition) is 1. The molecule has 0 aromatic carbocycles. The van der Waals surface area contributed by atoms with E-state index in [2.05, 4.69) is 10.3 Å². The van der Waals surface area contributed by atoms with Crippen molar-refractivity contribution in [2.75, 3.05) is 13.6 Å². The van der Waals surface area contributed by atoms with Crippen LogP contribution < -0.4 is 5.32 Å². The average molecular weight is 384 g/mol. The Morgan fingerprint density at radius 1 is 1.07 bits per heavy atom. The molecule has 0 unspecified atom stereocenters. The lowest BCUT2D eigenvalue weighted by Crippen LogP contribution is -2.60. The highest BCUT2D eigenvalue weighted by Crippen LogP contribution is 2.57. The maximum Gasteiger partial charge on any atom is 0.223 e. The molecular formula is C23H33N3O2. The standard InChI is InChI=1S/C23H33N3O2/c1-26(23-14-18-11-19(15-23)13-20(12-18)16-23)22(28)5-4-21(27)25-8-2-3-17-6-9-24-10-7-17/h6-7,9-10,18-20H,2-5,8,11-16H2,1H3,(H,25,27). The lowest BCUT2D eigenvalue weighted by molar-refractivity contribution is -0.148. The van der Waals surface area contributed by atoms with Crippen LogP contribution in [0.5, 0.6) is 0 Å². The van der Waals surface area contributed by atoms with Gasteiger partial charge in [-0.1, -0.05) is 0 Å². The number of carbonyl (C=O) groups excluding carboxylic acids is 2. The van der Waals surface area contributed by atoms with Crippen LogP contribution in [0.2, 0.25) is 0 Å². The molecule has 5 rings (SSSR count). The van der Waals surface area contributed by atoms with Gasteiger partial charge in [-0.2, -0.15) is 0 Å². The number of rotatable bonds is 8. The number of carbonyl (C=O) groups is 2. The van der Waals surface area contributed by atoms with Crippen LogP contribution in [0, 0.1) is 17.8 Å². The molecule has 4 aliphatic carbocycles. The molecule has 1 N–H and O–H groups in total. The quantitative estimate of drug-likeness (QED) is 0.701. The first-order valence-corrected chi connectivity index (χ1v) is 11.0. The third-order valence-corrected chi connectivity index (χ3v) is 7.37. The minimum Gasteiger partial charge on any atom is -0.356 e. The van der Waals surface area contributed by atoms with Crippen molar-refractivity contribution in [3.8, 4) is 0 Å². The van der Waals surface area contributed by atoms with Gasteiger partial charge >= 0.3 is 0 Å². The van der Waals surface area contributed by atoms with Crippen LogP contribution in [0.1, 0.15) is 63.4 Å². The summed E-state index contributed by atoms with van der Waals surface area (Å²) in [6.07, 6.45) is 13.7. The van der Waals surface area contributed by atoms with Gasteiger partial charge in [-0.3, -0.25) is 14.6 Å². The van der Waals surface area contributed by atoms with E-state index in [-0.39, 0.29) is 17.4 Å². The van der Waals surface area contributed by atoms with Crippen LogP contribution in [-0.2, 0) is 16.0 Å². The lowest BCUT2D eigenvalue weighted by Gasteiger charge is -2.59. The average Bonchev–Trinajstić information content (AvgIpc) is 2.68. The van der Waals surface area contributed by atoms with Gasteiger partial charge in [0.15, 0.2) is 0 Å². The van der Waals surface area contributed by atoms with Crippen LogP contribution in [0.15, 0.2) is 24.5 Å². The molecule has 28 heavy (non-hydrogen) atoms. The van der Waals surface area contributed by atoms with Crippen molar-refractivity contribution >= 4 is 11.8 Å². The van der Waals surface area contributed by atoms with Crippen molar-refractivity contribution in [1.82, 2.24) is 15.2 Å². The Kier molecular flexibility index (Phi) is 5.70. The number of nitrogens with zero attached hydrogens (tertiary/aromatic N) is 2. The van der Waals surface area contributed by atoms with Gasteiger partial charge < -0.3 is 10.2 Å². The van der Waals surface area contributed by atoms with Gasteiger partial charge in [0.2, 0.25) is 11.8 Å². The highest BCUT2D eigenvalue weighted by molar-refractivity contribution is 5.84. The molecule has 0 aliphatic heterocycles. The normalized spacial score (nSPS) is 30.2. The molecule has 152 valence electrons. The zero-order valence-electron chi connectivity index (χ0n) is 17.0. The van der Waals surface area contributed by atoms with Crippen molar-refractivity contribution in [2.45, 2.75) is 69.7 Å². The van der Waals surface area contributed by atoms with E-state index in [1.807, 2.05) is 24.1 Å². The highest BCUT2D eigenvalue weighted by Gasteiger charge is 2.53. The zero-order valence-corrected chi connectivity index (χ0v) is 17.0. The maximum absolute atomic E-state index is 12.8. The summed E-state index contributed by atoms with van der Waals surface area (Å²) in [5.41, 5.74) is 1.32. The summed E-state index contributed by atoms with van der Waals surface area (Å²) in [5.74, 6) is 2.61. The molecule has 1 aromatic rings. The van der Waals surface area contributed by atoms with E-state index in [4.69, 9.17) is 0 Å². The first-order chi connectivity index (χ1) is 13.5.